The van der Waals surface area contributed by atoms with E-state index in [1.165, 1.54) is 0 Å². The van der Waals surface area contributed by atoms with Crippen LogP contribution in [0.1, 0.15) is 50.2 Å². The van der Waals surface area contributed by atoms with Crippen LogP contribution in [0.4, 0.5) is 5.69 Å². The van der Waals surface area contributed by atoms with E-state index in [4.69, 9.17) is 0 Å². The number of nitrogens with one attached hydrogen (secondary N) is 1. The Bertz CT molecular complexity index is 934. The van der Waals surface area contributed by atoms with Gasteiger partial charge in [0, 0.05) is 24.2 Å². The Balaban J connectivity index is 1.75. The molecule has 0 bridgehead atoms. The van der Waals surface area contributed by atoms with Gasteiger partial charge in [-0.05, 0) is 49.9 Å². The van der Waals surface area contributed by atoms with Crippen LogP contribution in [-0.4, -0.2) is 26.3 Å². The van der Waals surface area contributed by atoms with E-state index in [0.717, 1.165) is 36.1 Å². The smallest absolute Gasteiger partial charge is 0.214 e. The average molecular weight is 412 g/mol. The molecule has 0 saturated heterocycles. The minimum Gasteiger partial charge on any atom is -0.354 e. The summed E-state index contributed by atoms with van der Waals surface area (Å²) < 4.78 is 27.5. The predicted octanol–water partition coefficient (Wildman–Crippen LogP) is 4.18. The second-order valence-electron chi connectivity index (χ2n) is 7.95. The molecule has 6 heteroatoms. The highest BCUT2D eigenvalue weighted by atomic mass is 32.2. The number of nitriles is 1. The summed E-state index contributed by atoms with van der Waals surface area (Å²) in [6.07, 6.45) is 2.87. The highest BCUT2D eigenvalue weighted by molar-refractivity contribution is 7.90. The number of hydrogen-bond donors (Lipinski definition) is 1. The van der Waals surface area contributed by atoms with Crippen LogP contribution in [0.25, 0.3) is 0 Å². The van der Waals surface area contributed by atoms with Crippen LogP contribution in [-0.2, 0) is 16.6 Å². The molecule has 5 nitrogen and oxygen atoms in total. The summed E-state index contributed by atoms with van der Waals surface area (Å²) in [5.74, 6) is 0.191. The molecule has 0 heterocycles. The fraction of sp³-hybridized carbons (Fsp3) is 0.435. The van der Waals surface area contributed by atoms with Gasteiger partial charge in [-0.3, -0.25) is 0 Å². The van der Waals surface area contributed by atoms with E-state index in [2.05, 4.69) is 35.1 Å². The van der Waals surface area contributed by atoms with Crippen LogP contribution in [0, 0.1) is 11.3 Å². The zero-order chi connectivity index (χ0) is 20.9. The van der Waals surface area contributed by atoms with Gasteiger partial charge in [-0.25, -0.2) is 13.1 Å². The molecule has 0 spiro atoms. The minimum absolute atomic E-state index is 0.0484. The van der Waals surface area contributed by atoms with Crippen molar-refractivity contribution in [1.29, 1.82) is 5.26 Å². The molecule has 0 aliphatic heterocycles. The monoisotopic (exact) mass is 411 g/mol. The molecule has 1 N–H and O–H groups in total. The Kier molecular flexibility index (Phi) is 6.94. The third-order valence-corrected chi connectivity index (χ3v) is 7.49. The molecular weight excluding hydrogens is 382 g/mol. The van der Waals surface area contributed by atoms with Gasteiger partial charge in [-0.1, -0.05) is 48.9 Å². The highest BCUT2D eigenvalue weighted by Crippen LogP contribution is 2.36. The molecule has 1 aliphatic carbocycles. The van der Waals surface area contributed by atoms with Crippen molar-refractivity contribution in [2.45, 2.75) is 56.9 Å². The number of benzene rings is 2. The van der Waals surface area contributed by atoms with Crippen LogP contribution in [0.5, 0.6) is 0 Å². The summed E-state index contributed by atoms with van der Waals surface area (Å²) in [4.78, 5) is 2.05. The zero-order valence-electron chi connectivity index (χ0n) is 17.1. The number of nitrogens with zero attached hydrogens (tertiary/aromatic N) is 2. The standard InChI is InChI=1S/C23H29N3O2S/c1-18(2)29(27,28)25-23-10-6-9-22(23)20-11-13-21(14-12-20)26(16-15-24)17-19-7-4-3-5-8-19/h3-5,7-8,11-14,18,22-23,25H,6,9-10,16-17H2,1-2H3. The Labute approximate surface area is 174 Å². The first-order valence-electron chi connectivity index (χ1n) is 10.2. The Hall–Kier alpha value is -2.36. The lowest BCUT2D eigenvalue weighted by molar-refractivity contribution is 0.519. The lowest BCUT2D eigenvalue weighted by Gasteiger charge is -2.25. The molecule has 3 rings (SSSR count). The predicted molar refractivity (Wildman–Crippen MR) is 117 cm³/mol. The summed E-state index contributed by atoms with van der Waals surface area (Å²) in [6, 6.07) is 20.6. The van der Waals surface area contributed by atoms with Crippen LogP contribution < -0.4 is 9.62 Å². The molecule has 1 saturated carbocycles. The van der Waals surface area contributed by atoms with Gasteiger partial charge in [0.2, 0.25) is 10.0 Å². The van der Waals surface area contributed by atoms with Crippen molar-refractivity contribution in [3.8, 4) is 6.07 Å². The summed E-state index contributed by atoms with van der Waals surface area (Å²) in [6.45, 7) is 4.40. The molecule has 1 aliphatic rings. The number of anilines is 1. The van der Waals surface area contributed by atoms with Crippen molar-refractivity contribution < 1.29 is 8.42 Å². The first-order valence-corrected chi connectivity index (χ1v) is 11.7. The van der Waals surface area contributed by atoms with Gasteiger partial charge >= 0.3 is 0 Å². The molecule has 2 aromatic carbocycles. The van der Waals surface area contributed by atoms with Crippen molar-refractivity contribution in [3.63, 3.8) is 0 Å². The van der Waals surface area contributed by atoms with Gasteiger partial charge in [-0.15, -0.1) is 0 Å². The topological polar surface area (TPSA) is 73.2 Å². The molecule has 2 unspecified atom stereocenters. The summed E-state index contributed by atoms with van der Waals surface area (Å²) in [5.41, 5.74) is 3.31. The summed E-state index contributed by atoms with van der Waals surface area (Å²) in [7, 11) is -3.28. The molecule has 29 heavy (non-hydrogen) atoms. The number of rotatable bonds is 8. The van der Waals surface area contributed by atoms with E-state index in [0.29, 0.717) is 13.1 Å². The SMILES string of the molecule is CC(C)S(=O)(=O)NC1CCCC1c1ccc(N(CC#N)Cc2ccccc2)cc1. The van der Waals surface area contributed by atoms with Crippen LogP contribution in [0.15, 0.2) is 54.6 Å². The first-order chi connectivity index (χ1) is 13.9. The van der Waals surface area contributed by atoms with Crippen molar-refractivity contribution in [1.82, 2.24) is 4.72 Å². The number of sulfonamides is 1. The third kappa shape index (κ3) is 5.37. The van der Waals surface area contributed by atoms with Crippen molar-refractivity contribution >= 4 is 15.7 Å². The second kappa shape index (κ2) is 9.43. The molecule has 1 fully saturated rings. The van der Waals surface area contributed by atoms with Gasteiger partial charge in [-0.2, -0.15) is 5.26 Å². The van der Waals surface area contributed by atoms with Crippen LogP contribution in [0.3, 0.4) is 0 Å². The van der Waals surface area contributed by atoms with Crippen LogP contribution >= 0.6 is 0 Å². The molecule has 2 atom stereocenters. The summed E-state index contributed by atoms with van der Waals surface area (Å²) in [5, 5.41) is 8.81. The molecule has 0 amide bonds. The highest BCUT2D eigenvalue weighted by Gasteiger charge is 2.32. The zero-order valence-corrected chi connectivity index (χ0v) is 17.9. The molecule has 0 aromatic heterocycles. The maximum absolute atomic E-state index is 12.3. The molecule has 0 radical (unpaired) electrons. The lowest BCUT2D eigenvalue weighted by Crippen LogP contribution is -2.40. The molecule has 154 valence electrons. The van der Waals surface area contributed by atoms with E-state index in [-0.39, 0.29) is 12.0 Å². The van der Waals surface area contributed by atoms with E-state index in [1.807, 2.05) is 35.2 Å². The van der Waals surface area contributed by atoms with E-state index in [9.17, 15) is 13.7 Å². The quantitative estimate of drug-likeness (QED) is 0.661. The van der Waals surface area contributed by atoms with E-state index in [1.54, 1.807) is 13.8 Å². The largest absolute Gasteiger partial charge is 0.354 e. The van der Waals surface area contributed by atoms with Gasteiger partial charge in [0.05, 0.1) is 11.3 Å². The number of hydrogen-bond acceptors (Lipinski definition) is 4. The Morgan fingerprint density at radius 3 is 2.41 bits per heavy atom. The van der Waals surface area contributed by atoms with Gasteiger partial charge in [0.1, 0.15) is 6.54 Å². The fourth-order valence-electron chi connectivity index (χ4n) is 3.91. The van der Waals surface area contributed by atoms with E-state index >= 15 is 0 Å². The Morgan fingerprint density at radius 2 is 1.79 bits per heavy atom. The van der Waals surface area contributed by atoms with E-state index < -0.39 is 15.3 Å². The van der Waals surface area contributed by atoms with Crippen molar-refractivity contribution in [2.75, 3.05) is 11.4 Å². The summed E-state index contributed by atoms with van der Waals surface area (Å²) >= 11 is 0. The first kappa shape index (κ1) is 21.4. The third-order valence-electron chi connectivity index (χ3n) is 5.62. The normalized spacial score (nSPS) is 19.2. The molecular formula is C23H29N3O2S. The lowest BCUT2D eigenvalue weighted by atomic mass is 9.94. The maximum Gasteiger partial charge on any atom is 0.214 e. The maximum atomic E-state index is 12.3. The van der Waals surface area contributed by atoms with Gasteiger partial charge in [0.25, 0.3) is 0 Å². The second-order valence-corrected chi connectivity index (χ2v) is 10.2. The minimum atomic E-state index is -3.28. The Morgan fingerprint density at radius 1 is 1.10 bits per heavy atom. The van der Waals surface area contributed by atoms with Crippen LogP contribution in [0.2, 0.25) is 0 Å². The van der Waals surface area contributed by atoms with Crippen molar-refractivity contribution in [3.05, 3.63) is 65.7 Å². The van der Waals surface area contributed by atoms with Gasteiger partial charge in [0.15, 0.2) is 0 Å². The molecule has 2 aromatic rings. The average Bonchev–Trinajstić information content (AvgIpc) is 3.16. The van der Waals surface area contributed by atoms with Crippen molar-refractivity contribution in [2.24, 2.45) is 0 Å². The fourth-order valence-corrected chi connectivity index (χ4v) is 4.88. The van der Waals surface area contributed by atoms with Gasteiger partial charge < -0.3 is 4.90 Å².